The van der Waals surface area contributed by atoms with Gasteiger partial charge in [-0.05, 0) is 48.7 Å². The highest BCUT2D eigenvalue weighted by atomic mass is 28.4. The van der Waals surface area contributed by atoms with E-state index in [9.17, 15) is 5.11 Å². The van der Waals surface area contributed by atoms with Gasteiger partial charge in [0.05, 0.1) is 31.5 Å². The monoisotopic (exact) mass is 524 g/mol. The van der Waals surface area contributed by atoms with Crippen LogP contribution in [0, 0.1) is 0 Å². The van der Waals surface area contributed by atoms with E-state index in [1.807, 2.05) is 30.3 Å². The van der Waals surface area contributed by atoms with Crippen molar-refractivity contribution in [3.05, 3.63) is 48.0 Å². The topological polar surface area (TPSA) is 57.2 Å². The Morgan fingerprint density at radius 3 is 2.23 bits per heavy atom. The van der Waals surface area contributed by atoms with Crippen LogP contribution in [0.15, 0.2) is 42.5 Å². The van der Waals surface area contributed by atoms with Crippen LogP contribution in [-0.4, -0.2) is 59.8 Å². The number of benzene rings is 1. The van der Waals surface area contributed by atoms with Crippen LogP contribution in [0.2, 0.25) is 43.8 Å². The van der Waals surface area contributed by atoms with E-state index in [0.29, 0.717) is 32.7 Å². The second-order valence-corrected chi connectivity index (χ2v) is 22.8. The largest absolute Gasteiger partial charge is 0.412 e. The van der Waals surface area contributed by atoms with Crippen molar-refractivity contribution in [3.63, 3.8) is 0 Å². The number of hydrogen-bond acceptors (Lipinski definition) is 5. The van der Waals surface area contributed by atoms with Gasteiger partial charge in [-0.15, -0.1) is 0 Å². The summed E-state index contributed by atoms with van der Waals surface area (Å²) in [6, 6.07) is 11.2. The third-order valence-electron chi connectivity index (χ3n) is 6.62. The van der Waals surface area contributed by atoms with Crippen LogP contribution in [0.3, 0.4) is 0 Å². The van der Waals surface area contributed by atoms with E-state index in [1.165, 1.54) is 0 Å². The SMILES string of the molecule is C=C(COCc1ccccc1)C[C@H](O)C[C@@H](OCOCC[Si](C)(C)C)[C@@H](C)O[Si](C)(C)C(C)(C)C. The maximum Gasteiger partial charge on any atom is 0.192 e. The lowest BCUT2D eigenvalue weighted by molar-refractivity contribution is -0.126. The first-order valence-corrected chi connectivity index (χ1v) is 19.6. The Kier molecular flexibility index (Phi) is 13.6. The molecular weight excluding hydrogens is 472 g/mol. The second kappa shape index (κ2) is 14.8. The van der Waals surface area contributed by atoms with E-state index in [2.05, 4.69) is 67.0 Å². The maximum absolute atomic E-state index is 10.8. The Morgan fingerprint density at radius 1 is 1.03 bits per heavy atom. The summed E-state index contributed by atoms with van der Waals surface area (Å²) in [4.78, 5) is 0. The fourth-order valence-electron chi connectivity index (χ4n) is 3.32. The average Bonchev–Trinajstić information content (AvgIpc) is 2.71. The maximum atomic E-state index is 10.8. The third kappa shape index (κ3) is 13.9. The minimum absolute atomic E-state index is 0.0998. The first-order valence-electron chi connectivity index (χ1n) is 12.9. The molecule has 0 spiro atoms. The predicted octanol–water partition coefficient (Wildman–Crippen LogP) is 7.01. The molecule has 0 aliphatic rings. The van der Waals surface area contributed by atoms with E-state index in [1.54, 1.807) is 0 Å². The summed E-state index contributed by atoms with van der Waals surface area (Å²) in [5.74, 6) is 0. The molecule has 0 heterocycles. The van der Waals surface area contributed by atoms with Crippen LogP contribution < -0.4 is 0 Å². The van der Waals surface area contributed by atoms with Gasteiger partial charge in [0.1, 0.15) is 6.79 Å². The Balaban J connectivity index is 2.62. The zero-order valence-corrected chi connectivity index (χ0v) is 25.9. The molecule has 0 radical (unpaired) electrons. The molecule has 0 aliphatic heterocycles. The standard InChI is InChI=1S/C28H52O5Si2/c1-23(20-31-21-25-14-12-11-13-15-25)18-26(29)19-27(32-22-30-16-17-34(6,7)8)24(2)33-35(9,10)28(3,4)5/h11-15,24,26-27,29H,1,16-22H2,2-10H3/t24-,26+,27-/m1/s1. The van der Waals surface area contributed by atoms with Crippen molar-refractivity contribution >= 4 is 16.4 Å². The van der Waals surface area contributed by atoms with Gasteiger partial charge in [-0.25, -0.2) is 0 Å². The normalized spacial score (nSPS) is 15.6. The Morgan fingerprint density at radius 2 is 1.66 bits per heavy atom. The van der Waals surface area contributed by atoms with Crippen molar-refractivity contribution in [2.45, 2.75) is 109 Å². The van der Waals surface area contributed by atoms with Gasteiger partial charge in [0, 0.05) is 21.1 Å². The predicted molar refractivity (Wildman–Crippen MR) is 152 cm³/mol. The molecule has 0 amide bonds. The molecule has 5 nitrogen and oxygen atoms in total. The molecule has 35 heavy (non-hydrogen) atoms. The molecule has 0 unspecified atom stereocenters. The quantitative estimate of drug-likeness (QED) is 0.103. The van der Waals surface area contributed by atoms with Crippen LogP contribution in [0.5, 0.6) is 0 Å². The summed E-state index contributed by atoms with van der Waals surface area (Å²) in [5, 5.41) is 10.9. The molecule has 3 atom stereocenters. The summed E-state index contributed by atoms with van der Waals surface area (Å²) in [6.07, 6.45) is -0.0546. The Bertz CT molecular complexity index is 725. The molecule has 1 rings (SSSR count). The van der Waals surface area contributed by atoms with Crippen LogP contribution in [0.4, 0.5) is 0 Å². The molecule has 1 N–H and O–H groups in total. The van der Waals surface area contributed by atoms with E-state index >= 15 is 0 Å². The van der Waals surface area contributed by atoms with Gasteiger partial charge in [0.2, 0.25) is 0 Å². The van der Waals surface area contributed by atoms with Gasteiger partial charge in [0.15, 0.2) is 8.32 Å². The van der Waals surface area contributed by atoms with Crippen molar-refractivity contribution < 1.29 is 23.7 Å². The van der Waals surface area contributed by atoms with Crippen LogP contribution in [0.25, 0.3) is 0 Å². The Labute approximate surface area is 217 Å². The lowest BCUT2D eigenvalue weighted by Crippen LogP contribution is -2.47. The number of ether oxygens (including phenoxy) is 3. The zero-order chi connectivity index (χ0) is 26.7. The van der Waals surface area contributed by atoms with E-state index < -0.39 is 22.5 Å². The molecule has 0 aliphatic carbocycles. The first kappa shape index (κ1) is 32.2. The van der Waals surface area contributed by atoms with Crippen molar-refractivity contribution in [3.8, 4) is 0 Å². The van der Waals surface area contributed by atoms with Gasteiger partial charge in [0.25, 0.3) is 0 Å². The van der Waals surface area contributed by atoms with Gasteiger partial charge < -0.3 is 23.7 Å². The molecule has 1 aromatic carbocycles. The van der Waals surface area contributed by atoms with Crippen LogP contribution in [0.1, 0.15) is 46.1 Å². The molecule has 0 bridgehead atoms. The van der Waals surface area contributed by atoms with E-state index in [4.69, 9.17) is 18.6 Å². The van der Waals surface area contributed by atoms with Crippen molar-refractivity contribution in [1.82, 2.24) is 0 Å². The molecule has 0 saturated heterocycles. The van der Waals surface area contributed by atoms with Gasteiger partial charge >= 0.3 is 0 Å². The number of aliphatic hydroxyl groups excluding tert-OH is 1. The summed E-state index contributed by atoms with van der Waals surface area (Å²) in [5.41, 5.74) is 2.00. The minimum Gasteiger partial charge on any atom is -0.412 e. The zero-order valence-electron chi connectivity index (χ0n) is 23.9. The Hall–Kier alpha value is -0.806. The van der Waals surface area contributed by atoms with Crippen molar-refractivity contribution in [2.75, 3.05) is 20.0 Å². The fraction of sp³-hybridized carbons (Fsp3) is 0.714. The van der Waals surface area contributed by atoms with Gasteiger partial charge in [-0.3, -0.25) is 0 Å². The second-order valence-electron chi connectivity index (χ2n) is 12.4. The highest BCUT2D eigenvalue weighted by Crippen LogP contribution is 2.38. The average molecular weight is 525 g/mol. The summed E-state index contributed by atoms with van der Waals surface area (Å²) in [7, 11) is -3.13. The minimum atomic E-state index is -1.98. The van der Waals surface area contributed by atoms with Crippen LogP contribution in [-0.2, 0) is 25.2 Å². The molecule has 202 valence electrons. The van der Waals surface area contributed by atoms with Crippen LogP contribution >= 0.6 is 0 Å². The lowest BCUT2D eigenvalue weighted by atomic mass is 10.0. The third-order valence-corrected chi connectivity index (χ3v) is 12.9. The van der Waals surface area contributed by atoms with Gasteiger partial charge in [-0.2, -0.15) is 0 Å². The summed E-state index contributed by atoms with van der Waals surface area (Å²) in [6.45, 7) is 26.2. The smallest absolute Gasteiger partial charge is 0.192 e. The highest BCUT2D eigenvalue weighted by molar-refractivity contribution is 6.76. The molecule has 7 heteroatoms. The molecular formula is C28H52O5Si2. The number of hydrogen-bond donors (Lipinski definition) is 1. The molecule has 1 aromatic rings. The first-order chi connectivity index (χ1) is 16.1. The van der Waals surface area contributed by atoms with Crippen molar-refractivity contribution in [1.29, 1.82) is 0 Å². The van der Waals surface area contributed by atoms with Gasteiger partial charge in [-0.1, -0.05) is 77.3 Å². The number of rotatable bonds is 17. The molecule has 0 saturated carbocycles. The number of aliphatic hydroxyl groups is 1. The summed E-state index contributed by atoms with van der Waals surface area (Å²) >= 11 is 0. The summed E-state index contributed by atoms with van der Waals surface area (Å²) < 4.78 is 24.3. The van der Waals surface area contributed by atoms with E-state index in [-0.39, 0.29) is 24.0 Å². The van der Waals surface area contributed by atoms with E-state index in [0.717, 1.165) is 17.2 Å². The molecule has 0 fully saturated rings. The highest BCUT2D eigenvalue weighted by Gasteiger charge is 2.40. The lowest BCUT2D eigenvalue weighted by Gasteiger charge is -2.40. The molecule has 0 aromatic heterocycles. The van der Waals surface area contributed by atoms with Crippen molar-refractivity contribution in [2.24, 2.45) is 0 Å². The fourth-order valence-corrected chi connectivity index (χ4v) is 5.51.